The van der Waals surface area contributed by atoms with Gasteiger partial charge in [0.1, 0.15) is 5.82 Å². The Hall–Kier alpha value is -0.930. The predicted octanol–water partition coefficient (Wildman–Crippen LogP) is 3.66. The number of nitrogens with one attached hydrogen (secondary N) is 1. The summed E-state index contributed by atoms with van der Waals surface area (Å²) in [7, 11) is 0. The number of hydrogen-bond donors (Lipinski definition) is 2. The average molecular weight is 291 g/mol. The fourth-order valence-corrected chi connectivity index (χ4v) is 4.36. The van der Waals surface area contributed by atoms with Crippen LogP contribution in [0.3, 0.4) is 0 Å². The highest BCUT2D eigenvalue weighted by Crippen LogP contribution is 2.49. The first-order chi connectivity index (χ1) is 10.1. The minimum atomic E-state index is -0.509. The van der Waals surface area contributed by atoms with Crippen LogP contribution in [-0.4, -0.2) is 17.7 Å². The Bertz CT molecular complexity index is 461. The van der Waals surface area contributed by atoms with Crippen molar-refractivity contribution >= 4 is 0 Å². The van der Waals surface area contributed by atoms with E-state index in [1.54, 1.807) is 12.1 Å². The maximum Gasteiger partial charge on any atom is 0.123 e. The zero-order valence-corrected chi connectivity index (χ0v) is 12.8. The molecule has 0 aliphatic heterocycles. The molecule has 0 aromatic heterocycles. The van der Waals surface area contributed by atoms with E-state index in [1.165, 1.54) is 37.8 Å². The second kappa shape index (κ2) is 6.45. The van der Waals surface area contributed by atoms with Crippen LogP contribution in [0.5, 0.6) is 0 Å². The van der Waals surface area contributed by atoms with E-state index in [-0.39, 0.29) is 5.82 Å². The Morgan fingerprint density at radius 2 is 2.00 bits per heavy atom. The van der Waals surface area contributed by atoms with Gasteiger partial charge in [-0.25, -0.2) is 4.39 Å². The van der Waals surface area contributed by atoms with Crippen LogP contribution in [0.15, 0.2) is 24.3 Å². The summed E-state index contributed by atoms with van der Waals surface area (Å²) < 4.78 is 12.9. The van der Waals surface area contributed by atoms with Crippen molar-refractivity contribution in [2.45, 2.75) is 51.2 Å². The van der Waals surface area contributed by atoms with Crippen LogP contribution in [0.2, 0.25) is 0 Å². The summed E-state index contributed by atoms with van der Waals surface area (Å²) in [6.45, 7) is 3.10. The van der Waals surface area contributed by atoms with Crippen molar-refractivity contribution in [1.29, 1.82) is 0 Å². The molecule has 2 aliphatic carbocycles. The van der Waals surface area contributed by atoms with Crippen LogP contribution in [0.4, 0.5) is 4.39 Å². The Labute approximate surface area is 126 Å². The molecule has 3 heteroatoms. The number of aliphatic hydroxyl groups is 1. The van der Waals surface area contributed by atoms with Crippen molar-refractivity contribution in [3.05, 3.63) is 35.6 Å². The molecule has 2 saturated carbocycles. The molecular formula is C18H26FNO. The maximum atomic E-state index is 12.9. The van der Waals surface area contributed by atoms with Crippen LogP contribution in [0, 0.1) is 23.6 Å². The zero-order chi connectivity index (χ0) is 14.8. The molecule has 5 atom stereocenters. The number of hydrogen-bond acceptors (Lipinski definition) is 2. The second-order valence-corrected chi connectivity index (χ2v) is 6.94. The number of aliphatic hydroxyl groups excluding tert-OH is 1. The van der Waals surface area contributed by atoms with Crippen LogP contribution in [0.25, 0.3) is 0 Å². The van der Waals surface area contributed by atoms with E-state index in [1.807, 2.05) is 0 Å². The smallest absolute Gasteiger partial charge is 0.123 e. The largest absolute Gasteiger partial charge is 0.388 e. The van der Waals surface area contributed by atoms with Gasteiger partial charge < -0.3 is 10.4 Å². The topological polar surface area (TPSA) is 32.3 Å². The van der Waals surface area contributed by atoms with Gasteiger partial charge in [-0.15, -0.1) is 0 Å². The molecular weight excluding hydrogens is 265 g/mol. The summed E-state index contributed by atoms with van der Waals surface area (Å²) in [6, 6.07) is 6.69. The van der Waals surface area contributed by atoms with Gasteiger partial charge in [0.15, 0.2) is 0 Å². The third-order valence-corrected chi connectivity index (χ3v) is 5.57. The highest BCUT2D eigenvalue weighted by atomic mass is 19.1. The van der Waals surface area contributed by atoms with Crippen molar-refractivity contribution in [3.63, 3.8) is 0 Å². The fraction of sp³-hybridized carbons (Fsp3) is 0.667. The lowest BCUT2D eigenvalue weighted by Gasteiger charge is -2.29. The number of rotatable bonds is 6. The molecule has 0 radical (unpaired) electrons. The van der Waals surface area contributed by atoms with Crippen LogP contribution >= 0.6 is 0 Å². The van der Waals surface area contributed by atoms with Crippen molar-refractivity contribution in [3.8, 4) is 0 Å². The van der Waals surface area contributed by atoms with Gasteiger partial charge in [-0.05, 0) is 74.6 Å². The quantitative estimate of drug-likeness (QED) is 0.838. The lowest BCUT2D eigenvalue weighted by Crippen LogP contribution is -2.37. The lowest BCUT2D eigenvalue weighted by atomic mass is 9.84. The minimum absolute atomic E-state index is 0.256. The summed E-state index contributed by atoms with van der Waals surface area (Å²) in [5.74, 6) is 2.48. The van der Waals surface area contributed by atoms with Crippen LogP contribution in [-0.2, 0) is 0 Å². The summed E-state index contributed by atoms with van der Waals surface area (Å²) in [5.41, 5.74) is 0.797. The van der Waals surface area contributed by atoms with Gasteiger partial charge in [-0.3, -0.25) is 0 Å². The van der Waals surface area contributed by atoms with E-state index in [4.69, 9.17) is 0 Å². The Morgan fingerprint density at radius 1 is 1.24 bits per heavy atom. The first-order valence-electron chi connectivity index (χ1n) is 8.30. The summed E-state index contributed by atoms with van der Waals surface area (Å²) in [5, 5.41) is 13.7. The van der Waals surface area contributed by atoms with Gasteiger partial charge in [0, 0.05) is 6.04 Å². The minimum Gasteiger partial charge on any atom is -0.388 e. The predicted molar refractivity (Wildman–Crippen MR) is 82.4 cm³/mol. The van der Waals surface area contributed by atoms with E-state index in [9.17, 15) is 9.50 Å². The zero-order valence-electron chi connectivity index (χ0n) is 12.8. The molecule has 0 heterocycles. The van der Waals surface area contributed by atoms with E-state index >= 15 is 0 Å². The number of benzene rings is 1. The highest BCUT2D eigenvalue weighted by molar-refractivity contribution is 5.18. The summed E-state index contributed by atoms with van der Waals surface area (Å²) in [4.78, 5) is 0. The molecule has 0 amide bonds. The molecule has 2 nitrogen and oxygen atoms in total. The Balaban J connectivity index is 1.42. The van der Waals surface area contributed by atoms with Crippen molar-refractivity contribution in [2.75, 3.05) is 6.54 Å². The van der Waals surface area contributed by atoms with E-state index < -0.39 is 6.10 Å². The van der Waals surface area contributed by atoms with Gasteiger partial charge in [0.05, 0.1) is 6.10 Å². The van der Waals surface area contributed by atoms with E-state index in [0.717, 1.165) is 29.9 Å². The first kappa shape index (κ1) is 15.0. The maximum absolute atomic E-state index is 12.9. The number of fused-ring (bicyclic) bond motifs is 2. The molecule has 2 bridgehead atoms. The summed E-state index contributed by atoms with van der Waals surface area (Å²) in [6.07, 6.45) is 5.85. The van der Waals surface area contributed by atoms with Crippen molar-refractivity contribution in [2.24, 2.45) is 17.8 Å². The number of halogens is 1. The first-order valence-corrected chi connectivity index (χ1v) is 8.30. The molecule has 1 aromatic carbocycles. The standard InChI is InChI=1S/C18H26FNO/c1-12(17-11-13-2-3-15(17)10-13)20-9-8-18(21)14-4-6-16(19)7-5-14/h4-7,12-13,15,17-18,20-21H,2-3,8-11H2,1H3. The van der Waals surface area contributed by atoms with Crippen LogP contribution < -0.4 is 5.32 Å². The van der Waals surface area contributed by atoms with Gasteiger partial charge in [-0.2, -0.15) is 0 Å². The molecule has 2 fully saturated rings. The third kappa shape index (κ3) is 3.46. The summed E-state index contributed by atoms with van der Waals surface area (Å²) >= 11 is 0. The van der Waals surface area contributed by atoms with Gasteiger partial charge in [0.2, 0.25) is 0 Å². The normalized spacial score (nSPS) is 30.5. The fourth-order valence-electron chi connectivity index (χ4n) is 4.36. The molecule has 0 spiro atoms. The van der Waals surface area contributed by atoms with Crippen molar-refractivity contribution < 1.29 is 9.50 Å². The highest BCUT2D eigenvalue weighted by Gasteiger charge is 2.41. The second-order valence-electron chi connectivity index (χ2n) is 6.94. The van der Waals surface area contributed by atoms with Gasteiger partial charge >= 0.3 is 0 Å². The molecule has 5 unspecified atom stereocenters. The molecule has 116 valence electrons. The SMILES string of the molecule is CC(NCCC(O)c1ccc(F)cc1)C1CC2CCC1C2. The van der Waals surface area contributed by atoms with E-state index in [2.05, 4.69) is 12.2 Å². The Morgan fingerprint density at radius 3 is 2.62 bits per heavy atom. The monoisotopic (exact) mass is 291 g/mol. The molecule has 21 heavy (non-hydrogen) atoms. The molecule has 1 aromatic rings. The van der Waals surface area contributed by atoms with Crippen LogP contribution in [0.1, 0.15) is 50.7 Å². The average Bonchev–Trinajstić information content (AvgIpc) is 3.10. The Kier molecular flexibility index (Phi) is 4.60. The third-order valence-electron chi connectivity index (χ3n) is 5.57. The van der Waals surface area contributed by atoms with Gasteiger partial charge in [-0.1, -0.05) is 18.6 Å². The molecule has 2 aliphatic rings. The lowest BCUT2D eigenvalue weighted by molar-refractivity contribution is 0.161. The molecule has 3 rings (SSSR count). The van der Waals surface area contributed by atoms with Gasteiger partial charge in [0.25, 0.3) is 0 Å². The molecule has 2 N–H and O–H groups in total. The van der Waals surface area contributed by atoms with Crippen molar-refractivity contribution in [1.82, 2.24) is 5.32 Å². The van der Waals surface area contributed by atoms with E-state index in [0.29, 0.717) is 12.5 Å². The molecule has 0 saturated heterocycles.